The maximum atomic E-state index is 5.37. The fraction of sp³-hybridized carbons (Fsp3) is 0.704. The van der Waals surface area contributed by atoms with Crippen LogP contribution in [0.1, 0.15) is 115 Å². The maximum Gasteiger partial charge on any atom is 0.231 e. The first-order valence-electron chi connectivity index (χ1n) is 13.3. The highest BCUT2D eigenvalue weighted by Gasteiger charge is 2.12. The lowest BCUT2D eigenvalue weighted by molar-refractivity contribution is 0.174. The van der Waals surface area contributed by atoms with Gasteiger partial charge < -0.3 is 14.8 Å². The summed E-state index contributed by atoms with van der Waals surface area (Å²) in [7, 11) is 0. The van der Waals surface area contributed by atoms with E-state index in [-0.39, 0.29) is 6.79 Å². The highest BCUT2D eigenvalue weighted by atomic mass is 32.1. The summed E-state index contributed by atoms with van der Waals surface area (Å²) in [4.78, 5) is 0. The molecule has 2 rings (SSSR count). The molecule has 0 saturated heterocycles. The van der Waals surface area contributed by atoms with Crippen molar-refractivity contribution in [3.8, 4) is 11.5 Å². The monoisotopic (exact) mass is 475 g/mol. The van der Waals surface area contributed by atoms with E-state index in [0.717, 1.165) is 30.0 Å². The van der Waals surface area contributed by atoms with Crippen LogP contribution in [0.3, 0.4) is 0 Å². The highest BCUT2D eigenvalue weighted by Crippen LogP contribution is 2.31. The third-order valence-electron chi connectivity index (χ3n) is 6.09. The minimum Gasteiger partial charge on any atom is -0.454 e. The topological polar surface area (TPSA) is 54.9 Å². The molecule has 0 radical (unpaired) electrons. The smallest absolute Gasteiger partial charge is 0.231 e. The fourth-order valence-corrected chi connectivity index (χ4v) is 4.23. The van der Waals surface area contributed by atoms with Gasteiger partial charge in [-0.15, -0.1) is 0 Å². The zero-order valence-corrected chi connectivity index (χ0v) is 21.5. The van der Waals surface area contributed by atoms with E-state index in [1.807, 2.05) is 18.2 Å². The molecule has 186 valence electrons. The largest absolute Gasteiger partial charge is 0.454 e. The van der Waals surface area contributed by atoms with Gasteiger partial charge in [0.2, 0.25) is 6.79 Å². The standard InChI is InChI=1S/C27H45N3O2S/c1-2-3-4-5-6-7-8-9-10-11-12-13-14-15-16-17-20-28-27(33)30-29-22-24-18-19-25-26(21-24)32-23-31-25/h18-19,21-22H,2-17,20,23H2,1H3,(H2,28,30,33)/b29-22-. The number of ether oxygens (including phenoxy) is 2. The van der Waals surface area contributed by atoms with E-state index < -0.39 is 0 Å². The van der Waals surface area contributed by atoms with Crippen molar-refractivity contribution < 1.29 is 9.47 Å². The van der Waals surface area contributed by atoms with Gasteiger partial charge >= 0.3 is 0 Å². The maximum absolute atomic E-state index is 5.37. The predicted octanol–water partition coefficient (Wildman–Crippen LogP) is 7.47. The summed E-state index contributed by atoms with van der Waals surface area (Å²) in [5, 5.41) is 7.97. The molecule has 33 heavy (non-hydrogen) atoms. The summed E-state index contributed by atoms with van der Waals surface area (Å²) in [6.07, 6.45) is 23.9. The summed E-state index contributed by atoms with van der Waals surface area (Å²) in [6, 6.07) is 5.73. The molecule has 0 bridgehead atoms. The number of rotatable bonds is 19. The molecular formula is C27H45N3O2S. The van der Waals surface area contributed by atoms with Crippen molar-refractivity contribution in [3.05, 3.63) is 23.8 Å². The van der Waals surface area contributed by atoms with Crippen LogP contribution in [0.25, 0.3) is 0 Å². The Bertz CT molecular complexity index is 681. The van der Waals surface area contributed by atoms with Crippen LogP contribution in [-0.2, 0) is 0 Å². The van der Waals surface area contributed by atoms with Gasteiger partial charge in [-0.2, -0.15) is 5.10 Å². The summed E-state index contributed by atoms with van der Waals surface area (Å²) in [6.45, 7) is 3.46. The highest BCUT2D eigenvalue weighted by molar-refractivity contribution is 7.80. The molecule has 1 aliphatic rings. The first kappa shape index (κ1) is 27.4. The fourth-order valence-electron chi connectivity index (χ4n) is 4.07. The Kier molecular flexibility index (Phi) is 15.4. The van der Waals surface area contributed by atoms with Gasteiger partial charge in [-0.1, -0.05) is 103 Å². The van der Waals surface area contributed by atoms with Gasteiger partial charge in [0.05, 0.1) is 6.21 Å². The summed E-state index contributed by atoms with van der Waals surface area (Å²) in [5.74, 6) is 1.53. The molecule has 1 aromatic rings. The number of nitrogens with one attached hydrogen (secondary N) is 2. The third kappa shape index (κ3) is 13.5. The first-order valence-corrected chi connectivity index (χ1v) is 13.7. The molecule has 0 unspecified atom stereocenters. The SMILES string of the molecule is CCCCCCCCCCCCCCCCCCNC(=S)N/N=C\c1ccc2c(c1)OCO2. The van der Waals surface area contributed by atoms with Crippen LogP contribution in [0.15, 0.2) is 23.3 Å². The van der Waals surface area contributed by atoms with Crippen molar-refractivity contribution in [2.75, 3.05) is 13.3 Å². The second-order valence-electron chi connectivity index (χ2n) is 9.04. The molecule has 0 aliphatic carbocycles. The Hall–Kier alpha value is -1.82. The van der Waals surface area contributed by atoms with Crippen molar-refractivity contribution in [2.45, 2.75) is 110 Å². The normalized spacial score (nSPS) is 12.4. The molecule has 0 saturated carbocycles. The van der Waals surface area contributed by atoms with E-state index >= 15 is 0 Å². The second kappa shape index (κ2) is 18.6. The Morgan fingerprint density at radius 3 is 1.97 bits per heavy atom. The molecule has 0 fully saturated rings. The van der Waals surface area contributed by atoms with Gasteiger partial charge in [0.15, 0.2) is 16.6 Å². The number of unbranched alkanes of at least 4 members (excludes halogenated alkanes) is 15. The zero-order chi connectivity index (χ0) is 23.4. The molecule has 0 atom stereocenters. The number of nitrogens with zero attached hydrogens (tertiary/aromatic N) is 1. The molecular weight excluding hydrogens is 430 g/mol. The Labute approximate surface area is 207 Å². The number of hydrogen-bond acceptors (Lipinski definition) is 4. The molecule has 2 N–H and O–H groups in total. The molecule has 1 aliphatic heterocycles. The van der Waals surface area contributed by atoms with Gasteiger partial charge in [-0.3, -0.25) is 5.43 Å². The lowest BCUT2D eigenvalue weighted by Gasteiger charge is -2.07. The van der Waals surface area contributed by atoms with Crippen molar-refractivity contribution in [1.82, 2.24) is 10.7 Å². The van der Waals surface area contributed by atoms with Crippen LogP contribution in [0.4, 0.5) is 0 Å². The minimum absolute atomic E-state index is 0.279. The quantitative estimate of drug-likeness (QED) is 0.0940. The average Bonchev–Trinajstić information content (AvgIpc) is 3.29. The molecule has 1 aromatic carbocycles. The molecule has 0 amide bonds. The van der Waals surface area contributed by atoms with Crippen molar-refractivity contribution in [2.24, 2.45) is 5.10 Å². The molecule has 5 nitrogen and oxygen atoms in total. The van der Waals surface area contributed by atoms with E-state index in [9.17, 15) is 0 Å². The van der Waals surface area contributed by atoms with Crippen LogP contribution >= 0.6 is 12.2 Å². The van der Waals surface area contributed by atoms with Gasteiger partial charge in [-0.05, 0) is 42.4 Å². The van der Waals surface area contributed by atoms with Gasteiger partial charge in [0.1, 0.15) is 0 Å². The van der Waals surface area contributed by atoms with E-state index in [4.69, 9.17) is 21.7 Å². The van der Waals surface area contributed by atoms with Gasteiger partial charge in [-0.25, -0.2) is 0 Å². The minimum atomic E-state index is 0.279. The van der Waals surface area contributed by atoms with E-state index in [1.54, 1.807) is 6.21 Å². The van der Waals surface area contributed by atoms with Crippen molar-refractivity contribution >= 4 is 23.5 Å². The van der Waals surface area contributed by atoms with Crippen LogP contribution in [0, 0.1) is 0 Å². The van der Waals surface area contributed by atoms with Crippen LogP contribution in [0.2, 0.25) is 0 Å². The second-order valence-corrected chi connectivity index (χ2v) is 9.45. The van der Waals surface area contributed by atoms with Crippen LogP contribution < -0.4 is 20.2 Å². The Morgan fingerprint density at radius 2 is 1.36 bits per heavy atom. The lowest BCUT2D eigenvalue weighted by atomic mass is 10.0. The van der Waals surface area contributed by atoms with Gasteiger partial charge in [0.25, 0.3) is 0 Å². The number of benzene rings is 1. The van der Waals surface area contributed by atoms with E-state index in [2.05, 4.69) is 22.8 Å². The molecule has 1 heterocycles. The molecule has 6 heteroatoms. The predicted molar refractivity (Wildman–Crippen MR) is 143 cm³/mol. The van der Waals surface area contributed by atoms with Crippen LogP contribution in [0.5, 0.6) is 11.5 Å². The zero-order valence-electron chi connectivity index (χ0n) is 20.7. The van der Waals surface area contributed by atoms with Crippen molar-refractivity contribution in [1.29, 1.82) is 0 Å². The lowest BCUT2D eigenvalue weighted by Crippen LogP contribution is -2.32. The first-order chi connectivity index (χ1) is 16.3. The van der Waals surface area contributed by atoms with Gasteiger partial charge in [0, 0.05) is 6.54 Å². The number of hydrazone groups is 1. The number of fused-ring (bicyclic) bond motifs is 1. The molecule has 0 spiro atoms. The third-order valence-corrected chi connectivity index (χ3v) is 6.33. The Morgan fingerprint density at radius 1 is 0.818 bits per heavy atom. The average molecular weight is 476 g/mol. The molecule has 0 aromatic heterocycles. The number of thiocarbonyl (C=S) groups is 1. The van der Waals surface area contributed by atoms with Crippen LogP contribution in [-0.4, -0.2) is 24.7 Å². The summed E-state index contributed by atoms with van der Waals surface area (Å²) in [5.41, 5.74) is 3.81. The summed E-state index contributed by atoms with van der Waals surface area (Å²) < 4.78 is 10.7. The Balaban J connectivity index is 1.32. The van der Waals surface area contributed by atoms with Crippen molar-refractivity contribution in [3.63, 3.8) is 0 Å². The summed E-state index contributed by atoms with van der Waals surface area (Å²) >= 11 is 5.28. The number of hydrogen-bond donors (Lipinski definition) is 2. The van der Waals surface area contributed by atoms with E-state index in [1.165, 1.54) is 96.3 Å². The van der Waals surface area contributed by atoms with E-state index in [0.29, 0.717) is 5.11 Å².